The molecular weight excluding hydrogens is 613 g/mol. The zero-order chi connectivity index (χ0) is 34.4. The molecule has 6 rings (SSSR count). The number of hydrogen-bond acceptors (Lipinski definition) is 3. The summed E-state index contributed by atoms with van der Waals surface area (Å²) in [6, 6.07) is 48.2. The number of aryl methyl sites for hydroxylation is 1. The normalized spacial score (nSPS) is 14.3. The van der Waals surface area contributed by atoms with Gasteiger partial charge in [0.1, 0.15) is 0 Å². The van der Waals surface area contributed by atoms with Crippen LogP contribution in [0.3, 0.4) is 0 Å². The van der Waals surface area contributed by atoms with Gasteiger partial charge in [-0.1, -0.05) is 177 Å². The Labute approximate surface area is 297 Å². The van der Waals surface area contributed by atoms with Crippen LogP contribution in [-0.4, -0.2) is 0 Å². The fourth-order valence-corrected chi connectivity index (χ4v) is 6.54. The molecule has 5 aromatic rings. The van der Waals surface area contributed by atoms with Crippen molar-refractivity contribution in [1.82, 2.24) is 0 Å². The van der Waals surface area contributed by atoms with E-state index in [-0.39, 0.29) is 6.04 Å². The summed E-state index contributed by atoms with van der Waals surface area (Å²) in [5, 5.41) is 1.11. The molecule has 0 aromatic heterocycles. The van der Waals surface area contributed by atoms with Crippen molar-refractivity contribution in [3.8, 4) is 11.1 Å². The maximum atomic E-state index is 6.76. The van der Waals surface area contributed by atoms with Crippen LogP contribution in [0, 0.1) is 0 Å². The van der Waals surface area contributed by atoms with Crippen LogP contribution in [0.4, 0.5) is 11.4 Å². The van der Waals surface area contributed by atoms with Gasteiger partial charge in [-0.05, 0) is 82.6 Å². The average molecular weight is 657 g/mol. The third kappa shape index (κ3) is 9.39. The molecule has 1 heterocycles. The van der Waals surface area contributed by atoms with Crippen molar-refractivity contribution >= 4 is 23.1 Å². The summed E-state index contributed by atoms with van der Waals surface area (Å²) in [6.45, 7) is 12.4. The molecule has 0 aliphatic carbocycles. The fraction of sp³-hybridized carbons (Fsp3) is 0.0870. The second-order valence-corrected chi connectivity index (χ2v) is 12.7. The molecule has 0 spiro atoms. The van der Waals surface area contributed by atoms with Gasteiger partial charge < -0.3 is 10.6 Å². The maximum absolute atomic E-state index is 6.76. The van der Waals surface area contributed by atoms with Crippen LogP contribution in [0.5, 0.6) is 0 Å². The van der Waals surface area contributed by atoms with E-state index in [2.05, 4.69) is 159 Å². The molecule has 0 saturated carbocycles. The van der Waals surface area contributed by atoms with E-state index in [4.69, 9.17) is 5.73 Å². The highest BCUT2D eigenvalue weighted by atomic mass is 32.2. The van der Waals surface area contributed by atoms with Gasteiger partial charge in [0.25, 0.3) is 0 Å². The first-order valence-corrected chi connectivity index (χ1v) is 17.5. The SMILES string of the molecule is C=C/C=C\C=C1/SC(N(c2ccc(-c3ccccc3)cc2)c2cccc(C(N)c3ccccc3)c2)=C(C)C=CC1=C.CCc1ccccc1. The maximum Gasteiger partial charge on any atom is 0.0876 e. The zero-order valence-electron chi connectivity index (χ0n) is 28.4. The molecule has 1 aliphatic heterocycles. The molecule has 0 amide bonds. The molecule has 1 atom stereocenters. The molecule has 0 fully saturated rings. The van der Waals surface area contributed by atoms with Crippen molar-refractivity contribution in [3.63, 3.8) is 0 Å². The van der Waals surface area contributed by atoms with Gasteiger partial charge in [0.2, 0.25) is 0 Å². The van der Waals surface area contributed by atoms with Crippen LogP contribution in [0.2, 0.25) is 0 Å². The largest absolute Gasteiger partial charge is 0.320 e. The minimum atomic E-state index is -0.227. The minimum Gasteiger partial charge on any atom is -0.320 e. The number of hydrogen-bond donors (Lipinski definition) is 1. The van der Waals surface area contributed by atoms with Gasteiger partial charge in [0, 0.05) is 16.3 Å². The summed E-state index contributed by atoms with van der Waals surface area (Å²) in [7, 11) is 0. The Morgan fingerprint density at radius 2 is 1.31 bits per heavy atom. The van der Waals surface area contributed by atoms with Gasteiger partial charge >= 0.3 is 0 Å². The van der Waals surface area contributed by atoms with Crippen LogP contribution in [-0.2, 0) is 6.42 Å². The summed E-state index contributed by atoms with van der Waals surface area (Å²) in [4.78, 5) is 3.40. The molecule has 2 nitrogen and oxygen atoms in total. The summed E-state index contributed by atoms with van der Waals surface area (Å²) < 4.78 is 0. The average Bonchev–Trinajstić information content (AvgIpc) is 3.30. The zero-order valence-corrected chi connectivity index (χ0v) is 29.2. The van der Waals surface area contributed by atoms with E-state index in [9.17, 15) is 0 Å². The molecule has 49 heavy (non-hydrogen) atoms. The monoisotopic (exact) mass is 656 g/mol. The molecule has 1 unspecified atom stereocenters. The number of nitrogens with zero attached hydrogens (tertiary/aromatic N) is 1. The van der Waals surface area contributed by atoms with Crippen molar-refractivity contribution in [2.24, 2.45) is 5.73 Å². The second kappa shape index (κ2) is 17.7. The van der Waals surface area contributed by atoms with Crippen LogP contribution < -0.4 is 10.6 Å². The van der Waals surface area contributed by atoms with E-state index in [0.717, 1.165) is 50.0 Å². The first-order valence-electron chi connectivity index (χ1n) is 16.6. The standard InChI is InChI=1S/C38H34N2S.C8H10/c1-4-5-8-20-36-28(2)21-22-29(3)38(41-36)40(34-25-23-31(24-26-34)30-14-9-6-10-15-30)35-19-13-18-33(27-35)37(39)32-16-11-7-12-17-32;1-2-8-6-4-3-5-7-8/h4-27,37H,1-2,39H2,3H3;3-7H,2H2,1H3/b8-5-,36-20-;. The Hall–Kier alpha value is -5.35. The lowest BCUT2D eigenvalue weighted by Gasteiger charge is -2.29. The lowest BCUT2D eigenvalue weighted by molar-refractivity contribution is 0.871. The van der Waals surface area contributed by atoms with Crippen LogP contribution in [0.1, 0.15) is 36.6 Å². The van der Waals surface area contributed by atoms with Gasteiger partial charge in [-0.25, -0.2) is 0 Å². The fourth-order valence-electron chi connectivity index (χ4n) is 5.45. The van der Waals surface area contributed by atoms with Crippen LogP contribution in [0.25, 0.3) is 11.1 Å². The highest BCUT2D eigenvalue weighted by Gasteiger charge is 2.22. The van der Waals surface area contributed by atoms with E-state index in [1.54, 1.807) is 17.8 Å². The number of benzene rings is 5. The number of allylic oxidation sites excluding steroid dienone is 8. The van der Waals surface area contributed by atoms with E-state index < -0.39 is 0 Å². The quantitative estimate of drug-likeness (QED) is 0.160. The van der Waals surface area contributed by atoms with Crippen molar-refractivity contribution in [2.75, 3.05) is 4.90 Å². The van der Waals surface area contributed by atoms with Crippen molar-refractivity contribution < 1.29 is 0 Å². The lowest BCUT2D eigenvalue weighted by atomic mass is 9.99. The molecule has 3 heteroatoms. The topological polar surface area (TPSA) is 29.3 Å². The first kappa shape index (κ1) is 35.0. The summed E-state index contributed by atoms with van der Waals surface area (Å²) in [5.74, 6) is 0. The van der Waals surface area contributed by atoms with E-state index in [1.807, 2.05) is 42.5 Å². The first-order chi connectivity index (χ1) is 24.0. The summed E-state index contributed by atoms with van der Waals surface area (Å²) >= 11 is 1.72. The number of rotatable bonds is 9. The highest BCUT2D eigenvalue weighted by Crippen LogP contribution is 2.44. The molecule has 0 bridgehead atoms. The molecule has 0 radical (unpaired) electrons. The highest BCUT2D eigenvalue weighted by molar-refractivity contribution is 8.07. The number of anilines is 2. The number of thioether (sulfide) groups is 1. The Balaban J connectivity index is 0.000000514. The van der Waals surface area contributed by atoms with Gasteiger partial charge in [-0.15, -0.1) is 0 Å². The van der Waals surface area contributed by atoms with E-state index in [0.29, 0.717) is 0 Å². The van der Waals surface area contributed by atoms with Crippen molar-refractivity contribution in [1.29, 1.82) is 0 Å². The minimum absolute atomic E-state index is 0.227. The molecular formula is C46H44N2S. The molecule has 244 valence electrons. The lowest BCUT2D eigenvalue weighted by Crippen LogP contribution is -2.17. The molecule has 0 saturated heterocycles. The van der Waals surface area contributed by atoms with E-state index >= 15 is 0 Å². The third-order valence-electron chi connectivity index (χ3n) is 8.22. The Morgan fingerprint density at radius 3 is 1.94 bits per heavy atom. The summed E-state index contributed by atoms with van der Waals surface area (Å²) in [6.07, 6.45) is 13.2. The Morgan fingerprint density at radius 1 is 0.694 bits per heavy atom. The third-order valence-corrected chi connectivity index (χ3v) is 9.54. The van der Waals surface area contributed by atoms with Gasteiger partial charge in [0.15, 0.2) is 0 Å². The van der Waals surface area contributed by atoms with Crippen LogP contribution in [0.15, 0.2) is 210 Å². The Bertz CT molecular complexity index is 1950. The van der Waals surface area contributed by atoms with Gasteiger partial charge in [-0.2, -0.15) is 0 Å². The van der Waals surface area contributed by atoms with Gasteiger partial charge in [0.05, 0.1) is 11.1 Å². The number of nitrogens with two attached hydrogens (primary N) is 1. The van der Waals surface area contributed by atoms with Crippen molar-refractivity contribution in [2.45, 2.75) is 26.3 Å². The predicted octanol–water partition coefficient (Wildman–Crippen LogP) is 12.5. The van der Waals surface area contributed by atoms with Gasteiger partial charge in [-0.3, -0.25) is 0 Å². The van der Waals surface area contributed by atoms with Crippen LogP contribution >= 0.6 is 11.8 Å². The molecule has 1 aliphatic rings. The predicted molar refractivity (Wildman–Crippen MR) is 215 cm³/mol. The summed E-state index contributed by atoms with van der Waals surface area (Å²) in [5.41, 5.74) is 16.9. The Kier molecular flexibility index (Phi) is 12.6. The molecule has 2 N–H and O–H groups in total. The van der Waals surface area contributed by atoms with E-state index in [1.165, 1.54) is 16.7 Å². The molecule has 5 aromatic carbocycles. The second-order valence-electron chi connectivity index (χ2n) is 11.7. The van der Waals surface area contributed by atoms with Crippen molar-refractivity contribution in [3.05, 3.63) is 227 Å². The smallest absolute Gasteiger partial charge is 0.0876 e.